The predicted octanol–water partition coefficient (Wildman–Crippen LogP) is 7.29. The van der Waals surface area contributed by atoms with Crippen molar-refractivity contribution in [3.8, 4) is 11.5 Å². The number of carbonyl (C=O) groups is 3. The lowest BCUT2D eigenvalue weighted by molar-refractivity contribution is -0.154. The number of unbranched alkanes of at least 4 members (excludes halogenated alkanes) is 1. The molecular formula is C35H41NO7. The van der Waals surface area contributed by atoms with E-state index in [0.717, 1.165) is 25.3 Å². The van der Waals surface area contributed by atoms with Gasteiger partial charge in [-0.3, -0.25) is 4.79 Å². The van der Waals surface area contributed by atoms with Gasteiger partial charge in [0.15, 0.2) is 5.75 Å². The first-order valence-corrected chi connectivity index (χ1v) is 14.3. The van der Waals surface area contributed by atoms with E-state index in [4.69, 9.17) is 18.9 Å². The van der Waals surface area contributed by atoms with Crippen molar-refractivity contribution in [2.24, 2.45) is 0 Å². The summed E-state index contributed by atoms with van der Waals surface area (Å²) < 4.78 is 22.4. The topological polar surface area (TPSA) is 100 Å². The van der Waals surface area contributed by atoms with Crippen LogP contribution in [0.5, 0.6) is 11.5 Å². The highest BCUT2D eigenvalue weighted by atomic mass is 16.6. The van der Waals surface area contributed by atoms with Crippen LogP contribution in [0.4, 0.5) is 5.69 Å². The minimum absolute atomic E-state index is 0.145. The SMILES string of the molecule is CC(C)(C)OC(=O)/C=C(\Oc1ccccc1NC(=O)c1ccc(OCCCCc2ccccc2)cc1)C(=O)OC(C)(C)C. The molecule has 8 heteroatoms. The molecule has 0 bridgehead atoms. The Labute approximate surface area is 254 Å². The number of hydrogen-bond donors (Lipinski definition) is 1. The molecule has 3 aromatic carbocycles. The number of carbonyl (C=O) groups excluding carboxylic acids is 3. The van der Waals surface area contributed by atoms with Crippen LogP contribution in [0.2, 0.25) is 0 Å². The first kappa shape index (κ1) is 32.9. The zero-order chi connectivity index (χ0) is 31.5. The number of amides is 1. The van der Waals surface area contributed by atoms with Gasteiger partial charge in [-0.25, -0.2) is 9.59 Å². The lowest BCUT2D eigenvalue weighted by Crippen LogP contribution is -2.28. The van der Waals surface area contributed by atoms with Gasteiger partial charge in [-0.2, -0.15) is 0 Å². The average molecular weight is 588 g/mol. The molecule has 1 amide bonds. The Bertz CT molecular complexity index is 1400. The summed E-state index contributed by atoms with van der Waals surface area (Å²) in [5.41, 5.74) is 0.401. The van der Waals surface area contributed by atoms with Gasteiger partial charge in [0.1, 0.15) is 17.0 Å². The van der Waals surface area contributed by atoms with Crippen molar-refractivity contribution < 1.29 is 33.3 Å². The molecule has 0 aliphatic rings. The summed E-state index contributed by atoms with van der Waals surface area (Å²) in [5.74, 6) is -1.57. The summed E-state index contributed by atoms with van der Waals surface area (Å²) >= 11 is 0. The van der Waals surface area contributed by atoms with Crippen molar-refractivity contribution in [3.63, 3.8) is 0 Å². The van der Waals surface area contributed by atoms with E-state index in [1.165, 1.54) is 5.56 Å². The van der Waals surface area contributed by atoms with Crippen LogP contribution in [0.15, 0.2) is 90.7 Å². The van der Waals surface area contributed by atoms with E-state index in [-0.39, 0.29) is 17.4 Å². The van der Waals surface area contributed by atoms with Crippen LogP contribution in [-0.4, -0.2) is 35.7 Å². The van der Waals surface area contributed by atoms with Crippen molar-refractivity contribution in [1.29, 1.82) is 0 Å². The first-order chi connectivity index (χ1) is 20.3. The number of hydrogen-bond acceptors (Lipinski definition) is 7. The second-order valence-corrected chi connectivity index (χ2v) is 11.9. The standard InChI is InChI=1S/C35H41NO7/c1-34(2,3)42-31(37)24-30(33(39)43-35(4,5)6)41-29-18-11-10-17-28(29)36-32(38)26-19-21-27(22-20-26)40-23-13-12-16-25-14-8-7-9-15-25/h7-11,14-15,17-22,24H,12-13,16,23H2,1-6H3,(H,36,38)/b30-24-. The van der Waals surface area contributed by atoms with Crippen LogP contribution < -0.4 is 14.8 Å². The molecular weight excluding hydrogens is 546 g/mol. The molecule has 0 fully saturated rings. The van der Waals surface area contributed by atoms with Crippen LogP contribution in [0.25, 0.3) is 0 Å². The number of para-hydroxylation sites is 2. The van der Waals surface area contributed by atoms with Gasteiger partial charge < -0.3 is 24.3 Å². The van der Waals surface area contributed by atoms with Crippen LogP contribution in [0, 0.1) is 0 Å². The highest BCUT2D eigenvalue weighted by Gasteiger charge is 2.25. The molecule has 0 spiro atoms. The normalized spacial score (nSPS) is 11.8. The molecule has 3 aromatic rings. The second kappa shape index (κ2) is 15.0. The molecule has 0 aliphatic carbocycles. The zero-order valence-corrected chi connectivity index (χ0v) is 25.8. The third-order valence-electron chi connectivity index (χ3n) is 5.70. The van der Waals surface area contributed by atoms with Gasteiger partial charge >= 0.3 is 11.9 Å². The van der Waals surface area contributed by atoms with Crippen LogP contribution in [0.1, 0.15) is 70.3 Å². The van der Waals surface area contributed by atoms with Crippen LogP contribution >= 0.6 is 0 Å². The molecule has 0 saturated heterocycles. The zero-order valence-electron chi connectivity index (χ0n) is 25.8. The van der Waals surface area contributed by atoms with Gasteiger partial charge in [-0.05, 0) is 103 Å². The summed E-state index contributed by atoms with van der Waals surface area (Å²) in [6.45, 7) is 10.8. The Morgan fingerprint density at radius 2 is 1.37 bits per heavy atom. The highest BCUT2D eigenvalue weighted by Crippen LogP contribution is 2.28. The number of aryl methyl sites for hydroxylation is 1. The fraction of sp³-hybridized carbons (Fsp3) is 0.343. The molecule has 3 rings (SSSR count). The van der Waals surface area contributed by atoms with Gasteiger partial charge in [0.05, 0.1) is 18.4 Å². The number of ether oxygens (including phenoxy) is 4. The highest BCUT2D eigenvalue weighted by molar-refractivity contribution is 6.05. The van der Waals surface area contributed by atoms with E-state index < -0.39 is 23.1 Å². The van der Waals surface area contributed by atoms with Crippen molar-refractivity contribution in [3.05, 3.63) is 102 Å². The predicted molar refractivity (Wildman–Crippen MR) is 166 cm³/mol. The summed E-state index contributed by atoms with van der Waals surface area (Å²) in [6.07, 6.45) is 3.89. The van der Waals surface area contributed by atoms with Crippen molar-refractivity contribution in [2.45, 2.75) is 72.0 Å². The summed E-state index contributed by atoms with van der Waals surface area (Å²) in [4.78, 5) is 38.5. The molecule has 0 saturated carbocycles. The Hall–Kier alpha value is -4.59. The first-order valence-electron chi connectivity index (χ1n) is 14.3. The van der Waals surface area contributed by atoms with Gasteiger partial charge in [0.2, 0.25) is 5.76 Å². The molecule has 0 radical (unpaired) electrons. The van der Waals surface area contributed by atoms with E-state index in [9.17, 15) is 14.4 Å². The second-order valence-electron chi connectivity index (χ2n) is 11.9. The Balaban J connectivity index is 1.64. The maximum Gasteiger partial charge on any atom is 0.375 e. The van der Waals surface area contributed by atoms with Gasteiger partial charge in [0, 0.05) is 5.56 Å². The lowest BCUT2D eigenvalue weighted by Gasteiger charge is -2.22. The minimum Gasteiger partial charge on any atom is -0.494 e. The van der Waals surface area contributed by atoms with Gasteiger partial charge in [0.25, 0.3) is 5.91 Å². The maximum atomic E-state index is 13.1. The lowest BCUT2D eigenvalue weighted by atomic mass is 10.1. The van der Waals surface area contributed by atoms with Crippen LogP contribution in [0.3, 0.4) is 0 Å². The quantitative estimate of drug-likeness (QED) is 0.103. The number of benzene rings is 3. The van der Waals surface area contributed by atoms with E-state index in [0.29, 0.717) is 23.6 Å². The van der Waals surface area contributed by atoms with Crippen molar-refractivity contribution >= 4 is 23.5 Å². The molecule has 43 heavy (non-hydrogen) atoms. The van der Waals surface area contributed by atoms with Gasteiger partial charge in [-0.1, -0.05) is 42.5 Å². The number of rotatable bonds is 12. The molecule has 0 unspecified atom stereocenters. The molecule has 0 atom stereocenters. The molecule has 228 valence electrons. The fourth-order valence-corrected chi connectivity index (χ4v) is 3.84. The molecule has 0 aliphatic heterocycles. The van der Waals surface area contributed by atoms with Crippen molar-refractivity contribution in [1.82, 2.24) is 0 Å². The summed E-state index contributed by atoms with van der Waals surface area (Å²) in [5, 5.41) is 2.81. The minimum atomic E-state index is -0.852. The molecule has 0 aromatic heterocycles. The van der Waals surface area contributed by atoms with Crippen LogP contribution in [-0.2, 0) is 25.5 Å². The Morgan fingerprint density at radius 1 is 0.744 bits per heavy atom. The largest absolute Gasteiger partial charge is 0.494 e. The van der Waals surface area contributed by atoms with E-state index in [2.05, 4.69) is 17.4 Å². The third-order valence-corrected chi connectivity index (χ3v) is 5.70. The van der Waals surface area contributed by atoms with E-state index >= 15 is 0 Å². The average Bonchev–Trinajstić information content (AvgIpc) is 2.92. The molecule has 0 heterocycles. The number of nitrogens with one attached hydrogen (secondary N) is 1. The van der Waals surface area contributed by atoms with Crippen molar-refractivity contribution in [2.75, 3.05) is 11.9 Å². The summed E-state index contributed by atoms with van der Waals surface area (Å²) in [7, 11) is 0. The Kier molecular flexibility index (Phi) is 11.5. The van der Waals surface area contributed by atoms with E-state index in [1.54, 1.807) is 90.1 Å². The maximum absolute atomic E-state index is 13.1. The van der Waals surface area contributed by atoms with E-state index in [1.807, 2.05) is 18.2 Å². The third kappa shape index (κ3) is 12.0. The smallest absolute Gasteiger partial charge is 0.375 e. The van der Waals surface area contributed by atoms with Gasteiger partial charge in [-0.15, -0.1) is 0 Å². The molecule has 8 nitrogen and oxygen atoms in total. The summed E-state index contributed by atoms with van der Waals surface area (Å²) in [6, 6.07) is 23.8. The Morgan fingerprint density at radius 3 is 2.02 bits per heavy atom. The molecule has 1 N–H and O–H groups in total. The fourth-order valence-electron chi connectivity index (χ4n) is 3.84. The number of anilines is 1. The monoisotopic (exact) mass is 587 g/mol. The number of esters is 2.